The molecule has 18 heavy (non-hydrogen) atoms. The summed E-state index contributed by atoms with van der Waals surface area (Å²) in [6, 6.07) is -0.555. The fourth-order valence-electron chi connectivity index (χ4n) is 0.967. The molecule has 0 aliphatic rings. The average Bonchev–Trinajstić information content (AvgIpc) is 2.33. The molecule has 0 aliphatic carbocycles. The molecular weight excluding hydrogens is 256 g/mol. The molecule has 0 radical (unpaired) electrons. The number of ether oxygens (including phenoxy) is 1. The summed E-state index contributed by atoms with van der Waals surface area (Å²) in [5.74, 6) is -0.614. The van der Waals surface area contributed by atoms with Gasteiger partial charge in [-0.1, -0.05) is 13.0 Å². The van der Waals surface area contributed by atoms with Gasteiger partial charge in [0.1, 0.15) is 0 Å². The minimum absolute atomic E-state index is 0.0422. The van der Waals surface area contributed by atoms with Gasteiger partial charge in [-0.2, -0.15) is 0 Å². The second-order valence-electron chi connectivity index (χ2n) is 3.45. The fourth-order valence-corrected chi connectivity index (χ4v) is 1.73. The van der Waals surface area contributed by atoms with Crippen molar-refractivity contribution in [2.24, 2.45) is 0 Å². The minimum atomic E-state index is -0.555. The number of carbonyl (C=O) groups is 3. The first-order valence-electron chi connectivity index (χ1n) is 5.36. The molecule has 3 amide bonds. The second kappa shape index (κ2) is 9.52. The van der Waals surface area contributed by atoms with E-state index in [-0.39, 0.29) is 23.4 Å². The number of nitrogens with one attached hydrogen (secondary N) is 2. The number of methoxy groups -OCH3 is 1. The van der Waals surface area contributed by atoms with Crippen LogP contribution in [-0.4, -0.2) is 42.6 Å². The smallest absolute Gasteiger partial charge is 0.321 e. The standard InChI is InChI=1S/C11H18N2O4S/c1-4-5-12-11(16)13-9(14)7-18-8(2)6-10(15)17-3/h4,8H,1,5-7H2,2-3H3,(H2,12,13,14,16). The van der Waals surface area contributed by atoms with Crippen LogP contribution in [-0.2, 0) is 14.3 Å². The van der Waals surface area contributed by atoms with Crippen molar-refractivity contribution in [2.75, 3.05) is 19.4 Å². The highest BCUT2D eigenvalue weighted by Gasteiger charge is 2.13. The van der Waals surface area contributed by atoms with E-state index in [0.29, 0.717) is 6.54 Å². The highest BCUT2D eigenvalue weighted by Crippen LogP contribution is 2.13. The number of carbonyl (C=O) groups excluding carboxylic acids is 3. The molecule has 7 heteroatoms. The molecule has 0 saturated heterocycles. The highest BCUT2D eigenvalue weighted by atomic mass is 32.2. The van der Waals surface area contributed by atoms with Crippen LogP contribution in [0.25, 0.3) is 0 Å². The molecule has 0 heterocycles. The predicted molar refractivity (Wildman–Crippen MR) is 70.3 cm³/mol. The van der Waals surface area contributed by atoms with Crippen molar-refractivity contribution in [3.05, 3.63) is 12.7 Å². The van der Waals surface area contributed by atoms with Gasteiger partial charge in [0.25, 0.3) is 0 Å². The molecule has 0 aromatic rings. The minimum Gasteiger partial charge on any atom is -0.469 e. The molecule has 0 saturated carbocycles. The van der Waals surface area contributed by atoms with E-state index in [1.807, 2.05) is 6.92 Å². The summed E-state index contributed by atoms with van der Waals surface area (Å²) in [4.78, 5) is 33.4. The average molecular weight is 274 g/mol. The second-order valence-corrected chi connectivity index (χ2v) is 4.88. The van der Waals surface area contributed by atoms with Gasteiger partial charge in [0.15, 0.2) is 0 Å². The van der Waals surface area contributed by atoms with Crippen molar-refractivity contribution in [1.29, 1.82) is 0 Å². The summed E-state index contributed by atoms with van der Waals surface area (Å²) < 4.78 is 4.51. The fraction of sp³-hybridized carbons (Fsp3) is 0.545. The van der Waals surface area contributed by atoms with Gasteiger partial charge in [-0.15, -0.1) is 18.3 Å². The van der Waals surface area contributed by atoms with Crippen LogP contribution in [0.3, 0.4) is 0 Å². The molecule has 0 bridgehead atoms. The molecule has 6 nitrogen and oxygen atoms in total. The summed E-state index contributed by atoms with van der Waals surface area (Å²) >= 11 is 1.28. The normalized spacial score (nSPS) is 11.2. The molecule has 2 N–H and O–H groups in total. The summed E-state index contributed by atoms with van der Waals surface area (Å²) in [5.41, 5.74) is 0. The lowest BCUT2D eigenvalue weighted by molar-refractivity contribution is -0.140. The molecule has 0 aliphatic heterocycles. The number of thioether (sulfide) groups is 1. The van der Waals surface area contributed by atoms with Crippen LogP contribution < -0.4 is 10.6 Å². The van der Waals surface area contributed by atoms with Gasteiger partial charge >= 0.3 is 12.0 Å². The third kappa shape index (κ3) is 8.63. The van der Waals surface area contributed by atoms with Crippen molar-refractivity contribution in [3.8, 4) is 0 Å². The highest BCUT2D eigenvalue weighted by molar-refractivity contribution is 8.00. The summed E-state index contributed by atoms with van der Waals surface area (Å²) in [7, 11) is 1.32. The molecule has 0 rings (SSSR count). The number of urea groups is 1. The van der Waals surface area contributed by atoms with E-state index in [1.54, 1.807) is 0 Å². The van der Waals surface area contributed by atoms with Crippen LogP contribution in [0.5, 0.6) is 0 Å². The number of hydrogen-bond donors (Lipinski definition) is 2. The van der Waals surface area contributed by atoms with E-state index in [9.17, 15) is 14.4 Å². The number of rotatable bonds is 7. The Morgan fingerprint density at radius 3 is 2.67 bits per heavy atom. The Hall–Kier alpha value is -1.50. The van der Waals surface area contributed by atoms with E-state index in [1.165, 1.54) is 24.9 Å². The Morgan fingerprint density at radius 1 is 1.44 bits per heavy atom. The van der Waals surface area contributed by atoms with Crippen LogP contribution in [0, 0.1) is 0 Å². The first kappa shape index (κ1) is 16.5. The largest absolute Gasteiger partial charge is 0.469 e. The number of amides is 3. The molecular formula is C11H18N2O4S. The zero-order valence-electron chi connectivity index (χ0n) is 10.5. The van der Waals surface area contributed by atoms with Gasteiger partial charge in [-0.05, 0) is 0 Å². The topological polar surface area (TPSA) is 84.5 Å². The van der Waals surface area contributed by atoms with Crippen molar-refractivity contribution in [2.45, 2.75) is 18.6 Å². The monoisotopic (exact) mass is 274 g/mol. The number of esters is 1. The van der Waals surface area contributed by atoms with Crippen LogP contribution in [0.2, 0.25) is 0 Å². The first-order chi connectivity index (χ1) is 8.49. The van der Waals surface area contributed by atoms with Crippen molar-refractivity contribution >= 4 is 29.7 Å². The molecule has 0 aromatic heterocycles. The molecule has 0 fully saturated rings. The Balaban J connectivity index is 3.78. The maximum absolute atomic E-state index is 11.3. The van der Waals surface area contributed by atoms with Crippen LogP contribution >= 0.6 is 11.8 Å². The van der Waals surface area contributed by atoms with Crippen molar-refractivity contribution < 1.29 is 19.1 Å². The van der Waals surface area contributed by atoms with Gasteiger partial charge < -0.3 is 10.1 Å². The Morgan fingerprint density at radius 2 is 2.11 bits per heavy atom. The maximum Gasteiger partial charge on any atom is 0.321 e. The molecule has 1 unspecified atom stereocenters. The first-order valence-corrected chi connectivity index (χ1v) is 6.41. The number of hydrogen-bond acceptors (Lipinski definition) is 5. The molecule has 0 spiro atoms. The van der Waals surface area contributed by atoms with Crippen LogP contribution in [0.15, 0.2) is 12.7 Å². The van der Waals surface area contributed by atoms with E-state index >= 15 is 0 Å². The number of imide groups is 1. The molecule has 0 aromatic carbocycles. The summed E-state index contributed by atoms with van der Waals surface area (Å²) in [5, 5.41) is 4.54. The van der Waals surface area contributed by atoms with E-state index in [4.69, 9.17) is 0 Å². The van der Waals surface area contributed by atoms with Gasteiger partial charge in [-0.25, -0.2) is 4.79 Å². The lowest BCUT2D eigenvalue weighted by Gasteiger charge is -2.09. The quantitative estimate of drug-likeness (QED) is 0.527. The van der Waals surface area contributed by atoms with Gasteiger partial charge in [0, 0.05) is 11.8 Å². The maximum atomic E-state index is 11.3. The molecule has 102 valence electrons. The van der Waals surface area contributed by atoms with Crippen molar-refractivity contribution in [1.82, 2.24) is 10.6 Å². The van der Waals surface area contributed by atoms with E-state index < -0.39 is 11.9 Å². The lowest BCUT2D eigenvalue weighted by Crippen LogP contribution is -2.40. The predicted octanol–water partition coefficient (Wildman–Crippen LogP) is 0.683. The molecule has 1 atom stereocenters. The summed E-state index contributed by atoms with van der Waals surface area (Å²) in [6.45, 7) is 5.54. The third-order valence-electron chi connectivity index (χ3n) is 1.84. The van der Waals surface area contributed by atoms with E-state index in [2.05, 4.69) is 21.9 Å². The van der Waals surface area contributed by atoms with Crippen molar-refractivity contribution in [3.63, 3.8) is 0 Å². The SMILES string of the molecule is C=CCNC(=O)NC(=O)CSC(C)CC(=O)OC. The lowest BCUT2D eigenvalue weighted by atomic mass is 10.3. The van der Waals surface area contributed by atoms with E-state index in [0.717, 1.165) is 0 Å². The third-order valence-corrected chi connectivity index (χ3v) is 3.01. The van der Waals surface area contributed by atoms with Gasteiger partial charge in [0.2, 0.25) is 5.91 Å². The van der Waals surface area contributed by atoms with Gasteiger partial charge in [0.05, 0.1) is 19.3 Å². The Bertz CT molecular complexity index is 320. The van der Waals surface area contributed by atoms with Crippen LogP contribution in [0.1, 0.15) is 13.3 Å². The van der Waals surface area contributed by atoms with Crippen LogP contribution in [0.4, 0.5) is 4.79 Å². The Labute approximate surface area is 111 Å². The summed E-state index contributed by atoms with van der Waals surface area (Å²) in [6.07, 6.45) is 1.74. The Kier molecular flexibility index (Phi) is 8.73. The zero-order valence-corrected chi connectivity index (χ0v) is 11.3. The van der Waals surface area contributed by atoms with Gasteiger partial charge in [-0.3, -0.25) is 14.9 Å². The zero-order chi connectivity index (χ0) is 14.0.